The summed E-state index contributed by atoms with van der Waals surface area (Å²) in [7, 11) is 0. The van der Waals surface area contributed by atoms with Gasteiger partial charge in [0.05, 0.1) is 11.7 Å². The largest absolute Gasteiger partial charge is 0.352 e. The molecule has 7 heteroatoms. The maximum Gasteiger partial charge on any atom is 0.263 e. The van der Waals surface area contributed by atoms with Crippen LogP contribution in [0.1, 0.15) is 18.7 Å². The second kappa shape index (κ2) is 6.25. The maximum absolute atomic E-state index is 12.8. The Balaban J connectivity index is 2.04. The van der Waals surface area contributed by atoms with Crippen molar-refractivity contribution in [3.63, 3.8) is 0 Å². The molecule has 0 fully saturated rings. The predicted molar refractivity (Wildman–Crippen MR) is 95.2 cm³/mol. The van der Waals surface area contributed by atoms with Crippen LogP contribution in [-0.2, 0) is 11.3 Å². The maximum atomic E-state index is 12.8. The minimum atomic E-state index is -0.188. The number of aromatic nitrogens is 2. The minimum Gasteiger partial charge on any atom is -0.352 e. The van der Waals surface area contributed by atoms with Gasteiger partial charge < -0.3 is 5.32 Å². The molecule has 3 aromatic heterocycles. The Morgan fingerprint density at radius 2 is 2.17 bits per heavy atom. The van der Waals surface area contributed by atoms with Crippen molar-refractivity contribution in [2.24, 2.45) is 0 Å². The molecule has 5 nitrogen and oxygen atoms in total. The Kier molecular flexibility index (Phi) is 4.32. The van der Waals surface area contributed by atoms with E-state index in [0.717, 1.165) is 10.4 Å². The van der Waals surface area contributed by atoms with Gasteiger partial charge in [-0.05, 0) is 32.9 Å². The molecule has 1 N–H and O–H groups in total. The number of thiophene rings is 2. The van der Waals surface area contributed by atoms with Crippen molar-refractivity contribution in [3.8, 4) is 10.4 Å². The van der Waals surface area contributed by atoms with Gasteiger partial charge in [0, 0.05) is 26.7 Å². The number of rotatable bonds is 4. The Labute approximate surface area is 141 Å². The normalized spacial score (nSPS) is 11.3. The van der Waals surface area contributed by atoms with Gasteiger partial charge in [0.1, 0.15) is 11.4 Å². The van der Waals surface area contributed by atoms with Gasteiger partial charge in [-0.3, -0.25) is 14.2 Å². The van der Waals surface area contributed by atoms with E-state index in [1.54, 1.807) is 11.3 Å². The van der Waals surface area contributed by atoms with Gasteiger partial charge in [-0.2, -0.15) is 0 Å². The van der Waals surface area contributed by atoms with Crippen LogP contribution in [0.4, 0.5) is 0 Å². The zero-order valence-electron chi connectivity index (χ0n) is 13.1. The Morgan fingerprint density at radius 1 is 1.39 bits per heavy atom. The Morgan fingerprint density at radius 3 is 2.83 bits per heavy atom. The number of nitrogens with zero attached hydrogens (tertiary/aromatic N) is 2. The number of hydrogen-bond acceptors (Lipinski definition) is 5. The smallest absolute Gasteiger partial charge is 0.263 e. The molecule has 0 aliphatic carbocycles. The number of aryl methyl sites for hydroxylation is 1. The lowest BCUT2D eigenvalue weighted by Crippen LogP contribution is -2.36. The lowest BCUT2D eigenvalue weighted by Gasteiger charge is -2.09. The molecule has 0 unspecified atom stereocenters. The van der Waals surface area contributed by atoms with Crippen molar-refractivity contribution in [1.29, 1.82) is 0 Å². The number of carbonyl (C=O) groups is 1. The summed E-state index contributed by atoms with van der Waals surface area (Å²) in [6.45, 7) is 5.80. The van der Waals surface area contributed by atoms with E-state index in [1.807, 2.05) is 38.3 Å². The van der Waals surface area contributed by atoms with Crippen LogP contribution in [0.3, 0.4) is 0 Å². The number of carbonyl (C=O) groups excluding carboxylic acids is 1. The second-order valence-electron chi connectivity index (χ2n) is 5.64. The van der Waals surface area contributed by atoms with E-state index < -0.39 is 0 Å². The zero-order chi connectivity index (χ0) is 16.6. The second-order valence-corrected chi connectivity index (χ2v) is 7.79. The lowest BCUT2D eigenvalue weighted by molar-refractivity contribution is -0.122. The average molecular weight is 347 g/mol. The van der Waals surface area contributed by atoms with E-state index >= 15 is 0 Å². The summed E-state index contributed by atoms with van der Waals surface area (Å²) < 4.78 is 1.37. The first-order valence-electron chi connectivity index (χ1n) is 7.28. The first-order valence-corrected chi connectivity index (χ1v) is 8.98. The summed E-state index contributed by atoms with van der Waals surface area (Å²) >= 11 is 3.10. The molecule has 120 valence electrons. The molecule has 23 heavy (non-hydrogen) atoms. The summed E-state index contributed by atoms with van der Waals surface area (Å²) in [5.41, 5.74) is 0.732. The van der Waals surface area contributed by atoms with Gasteiger partial charge in [0.25, 0.3) is 5.56 Å². The number of nitrogens with one attached hydrogen (secondary N) is 1. The van der Waals surface area contributed by atoms with Crippen LogP contribution in [0.5, 0.6) is 0 Å². The highest BCUT2D eigenvalue weighted by atomic mass is 32.1. The third kappa shape index (κ3) is 3.20. The van der Waals surface area contributed by atoms with Gasteiger partial charge in [-0.25, -0.2) is 4.98 Å². The Hall–Kier alpha value is -1.99. The van der Waals surface area contributed by atoms with Gasteiger partial charge in [0.15, 0.2) is 0 Å². The van der Waals surface area contributed by atoms with Crippen molar-refractivity contribution >= 4 is 38.8 Å². The highest BCUT2D eigenvalue weighted by Gasteiger charge is 2.15. The van der Waals surface area contributed by atoms with Crippen LogP contribution in [0.2, 0.25) is 0 Å². The monoisotopic (exact) mass is 347 g/mol. The molecular formula is C16H17N3O2S2. The highest BCUT2D eigenvalue weighted by Crippen LogP contribution is 2.34. The van der Waals surface area contributed by atoms with E-state index in [4.69, 9.17) is 0 Å². The standard InChI is InChI=1S/C16H17N3O2S2/c1-9(2)18-13(20)6-19-8-17-15-14(16(19)21)11(7-22-15)12-5-4-10(3)23-12/h4-5,7-9H,6H2,1-3H3,(H,18,20). The van der Waals surface area contributed by atoms with E-state index in [9.17, 15) is 9.59 Å². The number of hydrogen-bond donors (Lipinski definition) is 1. The molecule has 0 atom stereocenters. The first-order chi connectivity index (χ1) is 11.0. The van der Waals surface area contributed by atoms with E-state index in [-0.39, 0.29) is 24.1 Å². The molecule has 1 amide bonds. The summed E-state index contributed by atoms with van der Waals surface area (Å²) in [4.78, 5) is 32.0. The van der Waals surface area contributed by atoms with Crippen LogP contribution in [0.15, 0.2) is 28.6 Å². The summed E-state index contributed by atoms with van der Waals surface area (Å²) in [6, 6.07) is 4.10. The van der Waals surface area contributed by atoms with E-state index in [2.05, 4.69) is 10.3 Å². The molecule has 3 rings (SSSR count). The van der Waals surface area contributed by atoms with Crippen molar-refractivity contribution in [2.75, 3.05) is 0 Å². The fourth-order valence-corrected chi connectivity index (χ4v) is 4.23. The van der Waals surface area contributed by atoms with Crippen LogP contribution in [0, 0.1) is 6.92 Å². The van der Waals surface area contributed by atoms with E-state index in [0.29, 0.717) is 10.2 Å². The molecule has 3 heterocycles. The zero-order valence-corrected chi connectivity index (χ0v) is 14.8. The van der Waals surface area contributed by atoms with Crippen LogP contribution in [-0.4, -0.2) is 21.5 Å². The van der Waals surface area contributed by atoms with E-state index in [1.165, 1.54) is 27.1 Å². The molecule has 0 aliphatic rings. The molecule has 0 saturated heterocycles. The summed E-state index contributed by atoms with van der Waals surface area (Å²) in [6.07, 6.45) is 1.45. The SMILES string of the molecule is Cc1ccc(-c2csc3ncn(CC(=O)NC(C)C)c(=O)c23)s1. The Bertz CT molecular complexity index is 921. The fourth-order valence-electron chi connectivity index (χ4n) is 2.36. The van der Waals surface area contributed by atoms with Crippen molar-refractivity contribution in [3.05, 3.63) is 39.1 Å². The quantitative estimate of drug-likeness (QED) is 0.789. The molecule has 0 bridgehead atoms. The summed E-state index contributed by atoms with van der Waals surface area (Å²) in [5, 5.41) is 5.34. The lowest BCUT2D eigenvalue weighted by atomic mass is 10.2. The van der Waals surface area contributed by atoms with Crippen molar-refractivity contribution < 1.29 is 4.79 Å². The molecule has 0 saturated carbocycles. The van der Waals surface area contributed by atoms with Gasteiger partial charge >= 0.3 is 0 Å². The third-order valence-electron chi connectivity index (χ3n) is 3.33. The van der Waals surface area contributed by atoms with Crippen molar-refractivity contribution in [2.45, 2.75) is 33.4 Å². The fraction of sp³-hybridized carbons (Fsp3) is 0.312. The molecule has 3 aromatic rings. The van der Waals surface area contributed by atoms with Crippen LogP contribution < -0.4 is 10.9 Å². The molecule has 0 spiro atoms. The minimum absolute atomic E-state index is 0.0152. The predicted octanol–water partition coefficient (Wildman–Crippen LogP) is 3.02. The van der Waals surface area contributed by atoms with Gasteiger partial charge in [-0.15, -0.1) is 22.7 Å². The first kappa shape index (κ1) is 15.9. The molecule has 0 aliphatic heterocycles. The average Bonchev–Trinajstić information content (AvgIpc) is 3.07. The molecule has 0 radical (unpaired) electrons. The highest BCUT2D eigenvalue weighted by molar-refractivity contribution is 7.19. The van der Waals surface area contributed by atoms with Crippen LogP contribution >= 0.6 is 22.7 Å². The van der Waals surface area contributed by atoms with Crippen LogP contribution in [0.25, 0.3) is 20.7 Å². The topological polar surface area (TPSA) is 64.0 Å². The summed E-state index contributed by atoms with van der Waals surface area (Å²) in [5.74, 6) is -0.188. The number of fused-ring (bicyclic) bond motifs is 1. The van der Waals surface area contributed by atoms with Crippen molar-refractivity contribution in [1.82, 2.24) is 14.9 Å². The molecular weight excluding hydrogens is 330 g/mol. The molecule has 0 aromatic carbocycles. The number of amides is 1. The third-order valence-corrected chi connectivity index (χ3v) is 5.25. The van der Waals surface area contributed by atoms with Gasteiger partial charge in [0.2, 0.25) is 5.91 Å². The van der Waals surface area contributed by atoms with Gasteiger partial charge in [-0.1, -0.05) is 0 Å².